The second-order valence-electron chi connectivity index (χ2n) is 2.70. The van der Waals surface area contributed by atoms with Crippen molar-refractivity contribution in [3.63, 3.8) is 0 Å². The van der Waals surface area contributed by atoms with E-state index in [1.165, 1.54) is 11.1 Å². The molecule has 0 amide bonds. The molecule has 0 spiro atoms. The molecule has 0 saturated heterocycles. The fourth-order valence-electron chi connectivity index (χ4n) is 0.768. The minimum absolute atomic E-state index is 1.19. The van der Waals surface area contributed by atoms with Crippen LogP contribution in [0.1, 0.15) is 33.3 Å². The lowest BCUT2D eigenvalue weighted by Gasteiger charge is -1.90. The Kier molecular flexibility index (Phi) is 5.09. The van der Waals surface area contributed by atoms with Gasteiger partial charge in [0, 0.05) is 12.4 Å². The smallest absolute Gasteiger partial charge is 0.0523 e. The quantitative estimate of drug-likeness (QED) is 0.627. The fourth-order valence-corrected chi connectivity index (χ4v) is 0.768. The van der Waals surface area contributed by atoms with E-state index in [9.17, 15) is 0 Å². The van der Waals surface area contributed by atoms with Gasteiger partial charge in [0.15, 0.2) is 0 Å². The summed E-state index contributed by atoms with van der Waals surface area (Å²) in [5.41, 5.74) is 2.45. The van der Waals surface area contributed by atoms with Crippen LogP contribution in [0.2, 0.25) is 0 Å². The van der Waals surface area contributed by atoms with Crippen molar-refractivity contribution in [2.24, 2.45) is 0 Å². The molecule has 0 aromatic carbocycles. The van der Waals surface area contributed by atoms with E-state index in [1.54, 1.807) is 0 Å². The molecule has 2 nitrogen and oxygen atoms in total. The van der Waals surface area contributed by atoms with E-state index >= 15 is 0 Å². The summed E-state index contributed by atoms with van der Waals surface area (Å²) in [6, 6.07) is 0. The maximum atomic E-state index is 4.10. The Labute approximate surface area is 74.9 Å². The summed E-state index contributed by atoms with van der Waals surface area (Å²) in [6.07, 6.45) is 5.83. The highest BCUT2D eigenvalue weighted by Crippen LogP contribution is 1.97. The molecule has 1 rings (SSSR count). The highest BCUT2D eigenvalue weighted by Gasteiger charge is 1.87. The molecule has 1 aromatic heterocycles. The van der Waals surface area contributed by atoms with Gasteiger partial charge in [0.25, 0.3) is 0 Å². The van der Waals surface area contributed by atoms with Crippen LogP contribution in [0.4, 0.5) is 0 Å². The molecule has 0 aliphatic heterocycles. The van der Waals surface area contributed by atoms with Gasteiger partial charge in [-0.05, 0) is 26.3 Å². The minimum atomic E-state index is 1.19. The summed E-state index contributed by atoms with van der Waals surface area (Å²) in [4.78, 5) is 0. The van der Waals surface area contributed by atoms with E-state index in [4.69, 9.17) is 0 Å². The zero-order chi connectivity index (χ0) is 9.56. The Bertz CT molecular complexity index is 242. The predicted molar refractivity (Wildman–Crippen MR) is 53.9 cm³/mol. The Balaban J connectivity index is 0.000000561. The van der Waals surface area contributed by atoms with E-state index in [1.807, 2.05) is 44.0 Å². The topological polar surface area (TPSA) is 17.8 Å². The Morgan fingerprint density at radius 3 is 2.33 bits per heavy atom. The van der Waals surface area contributed by atoms with Gasteiger partial charge >= 0.3 is 0 Å². The van der Waals surface area contributed by atoms with Gasteiger partial charge in [-0.2, -0.15) is 5.10 Å². The highest BCUT2D eigenvalue weighted by molar-refractivity contribution is 5.26. The molecule has 0 saturated carbocycles. The van der Waals surface area contributed by atoms with E-state index in [-0.39, 0.29) is 0 Å². The lowest BCUT2D eigenvalue weighted by molar-refractivity contribution is 0.927. The Morgan fingerprint density at radius 2 is 2.00 bits per heavy atom. The SMILES string of the molecule is CC.CC(C)=Cn1cc(C)cn1. The second-order valence-corrected chi connectivity index (χ2v) is 2.70. The van der Waals surface area contributed by atoms with Gasteiger partial charge in [-0.25, -0.2) is 4.68 Å². The second kappa shape index (κ2) is 5.58. The standard InChI is InChI=1S/C8H12N2.C2H6/c1-7(2)5-10-6-8(3)4-9-10;1-2/h4-6H,1-3H3;1-2H3. The van der Waals surface area contributed by atoms with E-state index in [0.717, 1.165) is 0 Å². The summed E-state index contributed by atoms with van der Waals surface area (Å²) in [7, 11) is 0. The molecule has 1 heterocycles. The number of allylic oxidation sites excluding steroid dienone is 1. The Morgan fingerprint density at radius 1 is 1.42 bits per heavy atom. The third kappa shape index (κ3) is 3.96. The molecule has 0 aliphatic rings. The van der Waals surface area contributed by atoms with Crippen molar-refractivity contribution in [1.82, 2.24) is 9.78 Å². The van der Waals surface area contributed by atoms with Crippen LogP contribution in [-0.2, 0) is 0 Å². The van der Waals surface area contributed by atoms with Crippen molar-refractivity contribution < 1.29 is 0 Å². The third-order valence-corrected chi connectivity index (χ3v) is 1.12. The fraction of sp³-hybridized carbons (Fsp3) is 0.500. The molecule has 1 aromatic rings. The molecule has 12 heavy (non-hydrogen) atoms. The zero-order valence-corrected chi connectivity index (χ0v) is 8.63. The van der Waals surface area contributed by atoms with E-state index < -0.39 is 0 Å². The molecule has 68 valence electrons. The summed E-state index contributed by atoms with van der Waals surface area (Å²) < 4.78 is 1.82. The number of rotatable bonds is 1. The lowest BCUT2D eigenvalue weighted by atomic mass is 10.4. The van der Waals surface area contributed by atoms with Crippen LogP contribution < -0.4 is 0 Å². The van der Waals surface area contributed by atoms with Crippen molar-refractivity contribution in [1.29, 1.82) is 0 Å². The van der Waals surface area contributed by atoms with Crippen molar-refractivity contribution in [3.05, 3.63) is 23.5 Å². The van der Waals surface area contributed by atoms with Crippen molar-refractivity contribution in [3.8, 4) is 0 Å². The lowest BCUT2D eigenvalue weighted by Crippen LogP contribution is -1.85. The minimum Gasteiger partial charge on any atom is -0.248 e. The van der Waals surface area contributed by atoms with Crippen LogP contribution in [0, 0.1) is 6.92 Å². The van der Waals surface area contributed by atoms with Gasteiger partial charge in [-0.3, -0.25) is 0 Å². The average Bonchev–Trinajstić information content (AvgIpc) is 2.39. The first-order valence-corrected chi connectivity index (χ1v) is 4.34. The largest absolute Gasteiger partial charge is 0.248 e. The summed E-state index contributed by atoms with van der Waals surface area (Å²) >= 11 is 0. The van der Waals surface area contributed by atoms with E-state index in [2.05, 4.69) is 18.9 Å². The first kappa shape index (κ1) is 11.0. The van der Waals surface area contributed by atoms with E-state index in [0.29, 0.717) is 0 Å². The molecule has 0 N–H and O–H groups in total. The molecule has 0 radical (unpaired) electrons. The van der Waals surface area contributed by atoms with Gasteiger partial charge in [0.2, 0.25) is 0 Å². The zero-order valence-electron chi connectivity index (χ0n) is 8.63. The third-order valence-electron chi connectivity index (χ3n) is 1.12. The molecule has 0 bridgehead atoms. The van der Waals surface area contributed by atoms with Crippen LogP contribution in [0.5, 0.6) is 0 Å². The van der Waals surface area contributed by atoms with Crippen LogP contribution >= 0.6 is 0 Å². The normalized spacial score (nSPS) is 8.42. The molecule has 0 fully saturated rings. The molecular formula is C10H18N2. The van der Waals surface area contributed by atoms with Crippen LogP contribution in [0.25, 0.3) is 6.20 Å². The monoisotopic (exact) mass is 166 g/mol. The molecule has 0 unspecified atom stereocenters. The van der Waals surface area contributed by atoms with Gasteiger partial charge in [0.05, 0.1) is 6.20 Å². The number of hydrogen-bond acceptors (Lipinski definition) is 1. The average molecular weight is 166 g/mol. The van der Waals surface area contributed by atoms with Crippen molar-refractivity contribution in [2.45, 2.75) is 34.6 Å². The van der Waals surface area contributed by atoms with Gasteiger partial charge in [-0.15, -0.1) is 0 Å². The summed E-state index contributed by atoms with van der Waals surface area (Å²) in [5, 5.41) is 4.10. The Hall–Kier alpha value is -1.05. The highest BCUT2D eigenvalue weighted by atomic mass is 15.2. The summed E-state index contributed by atoms with van der Waals surface area (Å²) in [5.74, 6) is 0. The predicted octanol–water partition coefficient (Wildman–Crippen LogP) is 3.10. The number of nitrogens with zero attached hydrogens (tertiary/aromatic N) is 2. The maximum Gasteiger partial charge on any atom is 0.0523 e. The number of aromatic nitrogens is 2. The molecular weight excluding hydrogens is 148 g/mol. The van der Waals surface area contributed by atoms with Crippen molar-refractivity contribution >= 4 is 6.20 Å². The molecule has 2 heteroatoms. The first-order valence-electron chi connectivity index (χ1n) is 4.34. The van der Waals surface area contributed by atoms with Crippen LogP contribution in [0.3, 0.4) is 0 Å². The van der Waals surface area contributed by atoms with Crippen molar-refractivity contribution in [2.75, 3.05) is 0 Å². The first-order chi connectivity index (χ1) is 5.68. The van der Waals surface area contributed by atoms with Gasteiger partial charge in [0.1, 0.15) is 0 Å². The number of aryl methyl sites for hydroxylation is 1. The molecule has 0 atom stereocenters. The maximum absolute atomic E-state index is 4.10. The van der Waals surface area contributed by atoms with Gasteiger partial charge < -0.3 is 0 Å². The van der Waals surface area contributed by atoms with Crippen LogP contribution in [-0.4, -0.2) is 9.78 Å². The summed E-state index contributed by atoms with van der Waals surface area (Å²) in [6.45, 7) is 10.1. The van der Waals surface area contributed by atoms with Crippen LogP contribution in [0.15, 0.2) is 18.0 Å². The number of hydrogen-bond donors (Lipinski definition) is 0. The van der Waals surface area contributed by atoms with Gasteiger partial charge in [-0.1, -0.05) is 19.4 Å². The molecule has 0 aliphatic carbocycles.